The van der Waals surface area contributed by atoms with Gasteiger partial charge in [-0.2, -0.15) is 0 Å². The monoisotopic (exact) mass is 474 g/mol. The molecule has 7 nitrogen and oxygen atoms in total. The lowest BCUT2D eigenvalue weighted by Crippen LogP contribution is -2.50. The van der Waals surface area contributed by atoms with Gasteiger partial charge in [0, 0.05) is 30.0 Å². The third-order valence-corrected chi connectivity index (χ3v) is 6.87. The average Bonchev–Trinajstić information content (AvgIpc) is 3.67. The van der Waals surface area contributed by atoms with Gasteiger partial charge >= 0.3 is 0 Å². The van der Waals surface area contributed by atoms with Gasteiger partial charge in [-0.3, -0.25) is 14.4 Å². The molecule has 0 spiro atoms. The van der Waals surface area contributed by atoms with E-state index in [0.29, 0.717) is 24.5 Å². The molecular formula is C28H34N4O3. The van der Waals surface area contributed by atoms with Crippen molar-refractivity contribution in [2.45, 2.75) is 45.7 Å². The van der Waals surface area contributed by atoms with Gasteiger partial charge in [-0.25, -0.2) is 4.99 Å². The maximum Gasteiger partial charge on any atom is 0.272 e. The van der Waals surface area contributed by atoms with Gasteiger partial charge in [-0.15, -0.1) is 0 Å². The number of hydrogen-bond acceptors (Lipinski definition) is 4. The van der Waals surface area contributed by atoms with E-state index in [1.165, 1.54) is 4.90 Å². The first-order valence-corrected chi connectivity index (χ1v) is 12.4. The first-order valence-electron chi connectivity index (χ1n) is 12.4. The lowest BCUT2D eigenvalue weighted by molar-refractivity contribution is -0.136. The molecule has 3 atom stereocenters. The van der Waals surface area contributed by atoms with Crippen molar-refractivity contribution < 1.29 is 14.4 Å². The van der Waals surface area contributed by atoms with Crippen molar-refractivity contribution >= 4 is 29.1 Å². The number of likely N-dealkylation sites (N-methyl/N-ethyl adjacent to an activating group) is 1. The number of fused-ring (bicyclic) bond motifs is 1. The number of aliphatic imine (C=N–C) groups is 1. The van der Waals surface area contributed by atoms with E-state index in [1.807, 2.05) is 68.4 Å². The number of anilines is 1. The molecule has 0 radical (unpaired) electrons. The van der Waals surface area contributed by atoms with Crippen molar-refractivity contribution in [3.8, 4) is 0 Å². The summed E-state index contributed by atoms with van der Waals surface area (Å²) in [5, 5.41) is 2.88. The second kappa shape index (κ2) is 10.4. The summed E-state index contributed by atoms with van der Waals surface area (Å²) in [5.74, 6) is -1.67. The Morgan fingerprint density at radius 3 is 2.34 bits per heavy atom. The molecular weight excluding hydrogens is 440 g/mol. The molecule has 1 unspecified atom stereocenters. The highest BCUT2D eigenvalue weighted by molar-refractivity contribution is 6.20. The first kappa shape index (κ1) is 24.6. The highest BCUT2D eigenvalue weighted by Crippen LogP contribution is 2.39. The second-order valence-corrected chi connectivity index (χ2v) is 10.1. The van der Waals surface area contributed by atoms with Crippen molar-refractivity contribution in [1.82, 2.24) is 5.32 Å². The maximum atomic E-state index is 13.6. The van der Waals surface area contributed by atoms with Crippen LogP contribution >= 0.6 is 0 Å². The van der Waals surface area contributed by atoms with Crippen LogP contribution < -0.4 is 16.0 Å². The molecule has 35 heavy (non-hydrogen) atoms. The average molecular weight is 475 g/mol. The van der Waals surface area contributed by atoms with E-state index >= 15 is 0 Å². The Labute approximate surface area is 206 Å². The van der Waals surface area contributed by atoms with Crippen molar-refractivity contribution in [1.29, 1.82) is 0 Å². The van der Waals surface area contributed by atoms with E-state index in [2.05, 4.69) is 5.32 Å². The van der Waals surface area contributed by atoms with Crippen LogP contribution in [0.25, 0.3) is 0 Å². The Balaban J connectivity index is 1.69. The van der Waals surface area contributed by atoms with Gasteiger partial charge in [-0.05, 0) is 30.7 Å². The number of para-hydroxylation sites is 1. The van der Waals surface area contributed by atoms with Gasteiger partial charge < -0.3 is 16.0 Å². The molecule has 2 aromatic rings. The molecule has 0 aromatic heterocycles. The van der Waals surface area contributed by atoms with Crippen molar-refractivity contribution in [3.05, 3.63) is 65.7 Å². The van der Waals surface area contributed by atoms with Gasteiger partial charge in [0.25, 0.3) is 5.91 Å². The topological polar surface area (TPSA) is 105 Å². The molecule has 3 amide bonds. The smallest absolute Gasteiger partial charge is 0.272 e. The number of rotatable bonds is 9. The summed E-state index contributed by atoms with van der Waals surface area (Å²) in [6, 6.07) is 17.2. The molecule has 184 valence electrons. The van der Waals surface area contributed by atoms with Crippen molar-refractivity contribution in [2.24, 2.45) is 34.4 Å². The van der Waals surface area contributed by atoms with Crippen LogP contribution in [0, 0.1) is 23.7 Å². The molecule has 1 heterocycles. The second-order valence-electron chi connectivity index (χ2n) is 10.1. The van der Waals surface area contributed by atoms with Crippen LogP contribution in [0.1, 0.15) is 50.7 Å². The van der Waals surface area contributed by atoms with Gasteiger partial charge in [0.05, 0.1) is 11.4 Å². The van der Waals surface area contributed by atoms with E-state index in [9.17, 15) is 14.4 Å². The molecule has 3 N–H and O–H groups in total. The fourth-order valence-electron chi connectivity index (χ4n) is 4.84. The van der Waals surface area contributed by atoms with Crippen molar-refractivity contribution in [2.75, 3.05) is 11.9 Å². The summed E-state index contributed by atoms with van der Waals surface area (Å²) < 4.78 is 0. The number of hydrogen-bond donors (Lipinski definition) is 2. The van der Waals surface area contributed by atoms with Crippen LogP contribution in [-0.2, 0) is 14.4 Å². The summed E-state index contributed by atoms with van der Waals surface area (Å²) in [5.41, 5.74) is 8.79. The number of primary amides is 1. The van der Waals surface area contributed by atoms with Gasteiger partial charge in [0.1, 0.15) is 0 Å². The summed E-state index contributed by atoms with van der Waals surface area (Å²) in [4.78, 5) is 45.8. The number of benzene rings is 2. The maximum absolute atomic E-state index is 13.6. The summed E-state index contributed by atoms with van der Waals surface area (Å²) >= 11 is 0. The Morgan fingerprint density at radius 2 is 1.71 bits per heavy atom. The number of carbonyl (C=O) groups excluding carboxylic acids is 3. The molecule has 4 rings (SSSR count). The number of nitrogens with one attached hydrogen (secondary N) is 1. The van der Waals surface area contributed by atoms with Gasteiger partial charge in [0.2, 0.25) is 18.0 Å². The van der Waals surface area contributed by atoms with E-state index < -0.39 is 23.9 Å². The summed E-state index contributed by atoms with van der Waals surface area (Å²) in [7, 11) is 1.69. The Bertz CT molecular complexity index is 1120. The van der Waals surface area contributed by atoms with E-state index in [-0.39, 0.29) is 17.7 Å². The highest BCUT2D eigenvalue weighted by atomic mass is 16.2. The zero-order valence-corrected chi connectivity index (χ0v) is 20.6. The van der Waals surface area contributed by atoms with Crippen LogP contribution in [0.5, 0.6) is 0 Å². The molecule has 2 aromatic carbocycles. The third-order valence-electron chi connectivity index (χ3n) is 6.87. The fourth-order valence-corrected chi connectivity index (χ4v) is 4.84. The quantitative estimate of drug-likeness (QED) is 0.581. The highest BCUT2D eigenvalue weighted by Gasteiger charge is 2.39. The molecule has 7 heteroatoms. The standard InChI is InChI=1S/C28H34N4O3/c1-17(2)15-22(21(25(29)33)16-18-13-14-18)27(34)31-26-28(35)32(3)23-12-8-7-11-20(23)24(30-26)19-9-5-4-6-10-19/h4-12,17-18,21-22,26H,13-16H2,1-3H3,(H2,29,33)(H,31,34)/t21-,22?,26+/m0/s1. The van der Waals surface area contributed by atoms with Gasteiger partial charge in [0.15, 0.2) is 0 Å². The van der Waals surface area contributed by atoms with E-state index in [1.54, 1.807) is 7.05 Å². The Kier molecular flexibility index (Phi) is 7.34. The first-order chi connectivity index (χ1) is 16.8. The van der Waals surface area contributed by atoms with Crippen LogP contribution in [0.2, 0.25) is 0 Å². The molecule has 1 aliphatic heterocycles. The van der Waals surface area contributed by atoms with Gasteiger partial charge in [-0.1, -0.05) is 75.2 Å². The lowest BCUT2D eigenvalue weighted by atomic mass is 9.81. The minimum absolute atomic E-state index is 0.187. The van der Waals surface area contributed by atoms with Crippen LogP contribution in [0.15, 0.2) is 59.6 Å². The third kappa shape index (κ3) is 5.61. The molecule has 1 aliphatic carbocycles. The van der Waals surface area contributed by atoms with E-state index in [0.717, 1.165) is 29.7 Å². The minimum atomic E-state index is -1.11. The number of nitrogens with zero attached hydrogens (tertiary/aromatic N) is 2. The predicted molar refractivity (Wildman–Crippen MR) is 137 cm³/mol. The number of amides is 3. The van der Waals surface area contributed by atoms with Crippen LogP contribution in [0.3, 0.4) is 0 Å². The Hall–Kier alpha value is -3.48. The summed E-state index contributed by atoms with van der Waals surface area (Å²) in [6.45, 7) is 4.03. The Morgan fingerprint density at radius 1 is 1.06 bits per heavy atom. The normalized spacial score (nSPS) is 19.4. The zero-order chi connectivity index (χ0) is 25.1. The number of benzodiazepines with no additional fused rings is 1. The molecule has 1 saturated carbocycles. The predicted octanol–water partition coefficient (Wildman–Crippen LogP) is 3.51. The molecule has 1 fully saturated rings. The summed E-state index contributed by atoms with van der Waals surface area (Å²) in [6.07, 6.45) is 2.14. The number of carbonyl (C=O) groups is 3. The minimum Gasteiger partial charge on any atom is -0.369 e. The van der Waals surface area contributed by atoms with E-state index in [4.69, 9.17) is 10.7 Å². The lowest BCUT2D eigenvalue weighted by Gasteiger charge is -2.27. The van der Waals surface area contributed by atoms with Crippen LogP contribution in [-0.4, -0.2) is 36.6 Å². The van der Waals surface area contributed by atoms with Crippen molar-refractivity contribution in [3.63, 3.8) is 0 Å². The zero-order valence-electron chi connectivity index (χ0n) is 20.6. The molecule has 0 bridgehead atoms. The molecule has 2 aliphatic rings. The fraction of sp³-hybridized carbons (Fsp3) is 0.429. The van der Waals surface area contributed by atoms with Crippen LogP contribution in [0.4, 0.5) is 5.69 Å². The number of nitrogens with two attached hydrogens (primary N) is 1. The molecule has 0 saturated heterocycles. The largest absolute Gasteiger partial charge is 0.369 e. The SMILES string of the molecule is CC(C)CC(C(=O)N[C@H]1N=C(c2ccccc2)c2ccccc2N(C)C1=O)[C@H](CC1CC1)C(N)=O.